The lowest BCUT2D eigenvalue weighted by Gasteiger charge is -2.38. The topological polar surface area (TPSA) is 15.3 Å². The zero-order chi connectivity index (χ0) is 12.0. The number of nitrogens with one attached hydrogen (secondary N) is 1. The Balaban J connectivity index is 2.12. The fraction of sp³-hybridized carbons (Fsp3) is 1.00. The van der Waals surface area contributed by atoms with Gasteiger partial charge in [-0.15, -0.1) is 0 Å². The lowest BCUT2D eigenvalue weighted by atomic mass is 9.75. The van der Waals surface area contributed by atoms with Gasteiger partial charge in [-0.3, -0.25) is 0 Å². The largest absolute Gasteiger partial charge is 0.320 e. The Hall–Kier alpha value is -0.0800. The lowest BCUT2D eigenvalue weighted by molar-refractivity contribution is 0.111. The van der Waals surface area contributed by atoms with Gasteiger partial charge in [-0.1, -0.05) is 20.8 Å². The molecule has 0 saturated carbocycles. The van der Waals surface area contributed by atoms with Gasteiger partial charge in [0.1, 0.15) is 0 Å². The summed E-state index contributed by atoms with van der Waals surface area (Å²) >= 11 is 0. The number of hydrogen-bond donors (Lipinski definition) is 1. The van der Waals surface area contributed by atoms with Crippen molar-refractivity contribution in [3.8, 4) is 0 Å². The van der Waals surface area contributed by atoms with Gasteiger partial charge in [0, 0.05) is 0 Å². The third-order valence-corrected chi connectivity index (χ3v) is 3.96. The second-order valence-electron chi connectivity index (χ2n) is 6.29. The number of nitrogens with zero attached hydrogens (tertiary/aromatic N) is 1. The van der Waals surface area contributed by atoms with Gasteiger partial charge in [-0.05, 0) is 70.2 Å². The summed E-state index contributed by atoms with van der Waals surface area (Å²) in [6.07, 6.45) is 5.46. The van der Waals surface area contributed by atoms with E-state index in [0.717, 1.165) is 5.92 Å². The first kappa shape index (κ1) is 14.0. The van der Waals surface area contributed by atoms with Gasteiger partial charge >= 0.3 is 0 Å². The highest BCUT2D eigenvalue weighted by atomic mass is 15.1. The van der Waals surface area contributed by atoms with Gasteiger partial charge in [0.15, 0.2) is 0 Å². The molecule has 1 fully saturated rings. The molecule has 0 amide bonds. The van der Waals surface area contributed by atoms with Crippen LogP contribution in [0.4, 0.5) is 0 Å². The minimum Gasteiger partial charge on any atom is -0.320 e. The van der Waals surface area contributed by atoms with E-state index in [1.807, 2.05) is 7.05 Å². The van der Waals surface area contributed by atoms with Gasteiger partial charge in [0.2, 0.25) is 0 Å². The molecule has 96 valence electrons. The summed E-state index contributed by atoms with van der Waals surface area (Å²) in [5.41, 5.74) is 0.512. The Morgan fingerprint density at radius 2 is 1.75 bits per heavy atom. The Morgan fingerprint density at radius 3 is 2.25 bits per heavy atom. The molecule has 0 unspecified atom stereocenters. The average molecular weight is 226 g/mol. The molecule has 1 N–H and O–H groups in total. The average Bonchev–Trinajstić information content (AvgIpc) is 2.24. The molecule has 0 aliphatic carbocycles. The molecule has 0 spiro atoms. The van der Waals surface area contributed by atoms with Crippen LogP contribution in [0.25, 0.3) is 0 Å². The molecule has 2 nitrogen and oxygen atoms in total. The molecule has 16 heavy (non-hydrogen) atoms. The molecular weight excluding hydrogens is 196 g/mol. The maximum absolute atomic E-state index is 3.21. The van der Waals surface area contributed by atoms with Crippen molar-refractivity contribution in [3.63, 3.8) is 0 Å². The first-order valence-electron chi connectivity index (χ1n) is 6.91. The molecule has 1 rings (SSSR count). The van der Waals surface area contributed by atoms with Crippen LogP contribution in [0.3, 0.4) is 0 Å². The molecule has 0 aromatic carbocycles. The fourth-order valence-electron chi connectivity index (χ4n) is 2.66. The van der Waals surface area contributed by atoms with Crippen LogP contribution < -0.4 is 5.32 Å². The van der Waals surface area contributed by atoms with Gasteiger partial charge in [0.05, 0.1) is 0 Å². The Bertz CT molecular complexity index is 176. The van der Waals surface area contributed by atoms with Crippen LogP contribution in [0.1, 0.15) is 46.5 Å². The maximum atomic E-state index is 3.21. The number of piperidine rings is 1. The van der Waals surface area contributed by atoms with Crippen molar-refractivity contribution < 1.29 is 0 Å². The molecule has 0 aromatic heterocycles. The third-order valence-electron chi connectivity index (χ3n) is 3.96. The molecule has 2 heteroatoms. The minimum absolute atomic E-state index is 0.512. The normalized spacial score (nSPS) is 20.2. The second-order valence-corrected chi connectivity index (χ2v) is 6.29. The van der Waals surface area contributed by atoms with Crippen molar-refractivity contribution in [3.05, 3.63) is 0 Å². The van der Waals surface area contributed by atoms with Crippen LogP contribution in [-0.4, -0.2) is 38.1 Å². The molecule has 0 aromatic rings. The van der Waals surface area contributed by atoms with E-state index in [-0.39, 0.29) is 0 Å². The molecule has 0 bridgehead atoms. The zero-order valence-electron chi connectivity index (χ0n) is 11.7. The van der Waals surface area contributed by atoms with Crippen molar-refractivity contribution >= 4 is 0 Å². The first-order valence-corrected chi connectivity index (χ1v) is 6.91. The molecule has 0 atom stereocenters. The summed E-state index contributed by atoms with van der Waals surface area (Å²) in [4.78, 5) is 2.65. The number of unbranched alkanes of at least 4 members (excludes halogenated alkanes) is 1. The Labute approximate surface area is 102 Å². The lowest BCUT2D eigenvalue weighted by Crippen LogP contribution is -2.38. The summed E-state index contributed by atoms with van der Waals surface area (Å²) in [6.45, 7) is 12.3. The standard InChI is InChI=1S/C14H30N2/c1-14(2,3)13-7-11-16(12-8-13)10-6-5-9-15-4/h13,15H,5-12H2,1-4H3. The summed E-state index contributed by atoms with van der Waals surface area (Å²) in [5.74, 6) is 0.932. The van der Waals surface area contributed by atoms with Crippen LogP contribution >= 0.6 is 0 Å². The Kier molecular flexibility index (Phi) is 5.77. The van der Waals surface area contributed by atoms with Crippen LogP contribution in [0.15, 0.2) is 0 Å². The van der Waals surface area contributed by atoms with Gasteiger partial charge in [0.25, 0.3) is 0 Å². The van der Waals surface area contributed by atoms with E-state index in [2.05, 4.69) is 31.0 Å². The van der Waals surface area contributed by atoms with E-state index in [9.17, 15) is 0 Å². The van der Waals surface area contributed by atoms with Crippen molar-refractivity contribution in [2.75, 3.05) is 33.2 Å². The number of rotatable bonds is 5. The number of hydrogen-bond acceptors (Lipinski definition) is 2. The minimum atomic E-state index is 0.512. The van der Waals surface area contributed by atoms with Crippen LogP contribution in [0, 0.1) is 11.3 Å². The van der Waals surface area contributed by atoms with E-state index in [4.69, 9.17) is 0 Å². The molecule has 1 aliphatic rings. The quantitative estimate of drug-likeness (QED) is 0.725. The summed E-state index contributed by atoms with van der Waals surface area (Å²) < 4.78 is 0. The molecule has 0 radical (unpaired) electrons. The van der Waals surface area contributed by atoms with Gasteiger partial charge < -0.3 is 10.2 Å². The number of likely N-dealkylation sites (tertiary alicyclic amines) is 1. The van der Waals surface area contributed by atoms with Crippen molar-refractivity contribution in [2.45, 2.75) is 46.5 Å². The molecule has 1 saturated heterocycles. The fourth-order valence-corrected chi connectivity index (χ4v) is 2.66. The predicted octanol–water partition coefficient (Wildman–Crippen LogP) is 2.74. The highest BCUT2D eigenvalue weighted by Gasteiger charge is 2.28. The first-order chi connectivity index (χ1) is 7.54. The Morgan fingerprint density at radius 1 is 1.12 bits per heavy atom. The van der Waals surface area contributed by atoms with Gasteiger partial charge in [-0.25, -0.2) is 0 Å². The molecule has 1 heterocycles. The van der Waals surface area contributed by atoms with Crippen LogP contribution in [0.5, 0.6) is 0 Å². The summed E-state index contributed by atoms with van der Waals surface area (Å²) in [6, 6.07) is 0. The van der Waals surface area contributed by atoms with Crippen LogP contribution in [0.2, 0.25) is 0 Å². The van der Waals surface area contributed by atoms with Crippen LogP contribution in [-0.2, 0) is 0 Å². The van der Waals surface area contributed by atoms with E-state index in [1.165, 1.54) is 51.9 Å². The monoisotopic (exact) mass is 226 g/mol. The summed E-state index contributed by atoms with van der Waals surface area (Å²) in [5, 5.41) is 3.21. The highest BCUT2D eigenvalue weighted by molar-refractivity contribution is 4.80. The van der Waals surface area contributed by atoms with Crippen molar-refractivity contribution in [2.24, 2.45) is 11.3 Å². The van der Waals surface area contributed by atoms with Gasteiger partial charge in [-0.2, -0.15) is 0 Å². The smallest absolute Gasteiger partial charge is 0.00159 e. The molecule has 1 aliphatic heterocycles. The van der Waals surface area contributed by atoms with E-state index < -0.39 is 0 Å². The predicted molar refractivity (Wildman–Crippen MR) is 71.8 cm³/mol. The maximum Gasteiger partial charge on any atom is -0.00159 e. The third kappa shape index (κ3) is 4.84. The van der Waals surface area contributed by atoms with Crippen molar-refractivity contribution in [1.29, 1.82) is 0 Å². The van der Waals surface area contributed by atoms with E-state index in [1.54, 1.807) is 0 Å². The molecular formula is C14H30N2. The highest BCUT2D eigenvalue weighted by Crippen LogP contribution is 2.34. The van der Waals surface area contributed by atoms with E-state index in [0.29, 0.717) is 5.41 Å². The van der Waals surface area contributed by atoms with E-state index >= 15 is 0 Å². The zero-order valence-corrected chi connectivity index (χ0v) is 11.7. The second kappa shape index (κ2) is 6.61. The summed E-state index contributed by atoms with van der Waals surface area (Å²) in [7, 11) is 2.04. The van der Waals surface area contributed by atoms with Crippen molar-refractivity contribution in [1.82, 2.24) is 10.2 Å². The SMILES string of the molecule is CNCCCCN1CCC(C(C)(C)C)CC1.